The van der Waals surface area contributed by atoms with Gasteiger partial charge in [-0.2, -0.15) is 0 Å². The minimum Gasteiger partial charge on any atom is -0.355 e. The van der Waals surface area contributed by atoms with Crippen LogP contribution in [0.3, 0.4) is 0 Å². The van der Waals surface area contributed by atoms with Gasteiger partial charge in [-0.3, -0.25) is 4.79 Å². The van der Waals surface area contributed by atoms with E-state index in [4.69, 9.17) is 17.3 Å². The zero-order chi connectivity index (χ0) is 13.2. The fourth-order valence-corrected chi connectivity index (χ4v) is 2.26. The largest absolute Gasteiger partial charge is 0.355 e. The molecule has 1 saturated carbocycles. The lowest BCUT2D eigenvalue weighted by Crippen LogP contribution is -2.33. The summed E-state index contributed by atoms with van der Waals surface area (Å²) in [6, 6.07) is 4.71. The van der Waals surface area contributed by atoms with E-state index in [0.717, 1.165) is 12.8 Å². The highest BCUT2D eigenvalue weighted by Gasteiger charge is 2.46. The van der Waals surface area contributed by atoms with Gasteiger partial charge < -0.3 is 11.1 Å². The van der Waals surface area contributed by atoms with Crippen LogP contribution in [0.15, 0.2) is 18.2 Å². The normalized spacial score (nSPS) is 16.4. The van der Waals surface area contributed by atoms with Gasteiger partial charge in [-0.25, -0.2) is 4.39 Å². The SMILES string of the molecule is NCCC(=O)NCC1(c2ccc(Cl)cc2F)CC1. The van der Waals surface area contributed by atoms with E-state index in [9.17, 15) is 9.18 Å². The highest BCUT2D eigenvalue weighted by molar-refractivity contribution is 6.30. The number of nitrogens with one attached hydrogen (secondary N) is 1. The highest BCUT2D eigenvalue weighted by atomic mass is 35.5. The Morgan fingerprint density at radius 1 is 1.50 bits per heavy atom. The molecule has 1 fully saturated rings. The molecule has 0 aliphatic heterocycles. The number of nitrogens with two attached hydrogens (primary N) is 1. The average Bonchev–Trinajstić information content (AvgIpc) is 3.08. The van der Waals surface area contributed by atoms with Gasteiger partial charge in [0.25, 0.3) is 0 Å². The van der Waals surface area contributed by atoms with Crippen LogP contribution in [0, 0.1) is 5.82 Å². The molecule has 0 bridgehead atoms. The number of halogens is 2. The maximum Gasteiger partial charge on any atom is 0.221 e. The fraction of sp³-hybridized carbons (Fsp3) is 0.462. The van der Waals surface area contributed by atoms with Gasteiger partial charge in [-0.1, -0.05) is 17.7 Å². The Morgan fingerprint density at radius 2 is 2.22 bits per heavy atom. The smallest absolute Gasteiger partial charge is 0.221 e. The molecule has 1 amide bonds. The first-order valence-electron chi connectivity index (χ1n) is 6.00. The summed E-state index contributed by atoms with van der Waals surface area (Å²) in [6.07, 6.45) is 2.07. The van der Waals surface area contributed by atoms with Crippen molar-refractivity contribution in [2.24, 2.45) is 5.73 Å². The number of carbonyl (C=O) groups is 1. The molecule has 0 unspecified atom stereocenters. The van der Waals surface area contributed by atoms with Crippen molar-refractivity contribution in [3.05, 3.63) is 34.6 Å². The summed E-state index contributed by atoms with van der Waals surface area (Å²) < 4.78 is 13.8. The lowest BCUT2D eigenvalue weighted by molar-refractivity contribution is -0.121. The topological polar surface area (TPSA) is 55.1 Å². The Bertz CT molecular complexity index is 460. The molecule has 3 nitrogen and oxygen atoms in total. The number of amides is 1. The first-order chi connectivity index (χ1) is 8.57. The van der Waals surface area contributed by atoms with Crippen molar-refractivity contribution in [2.75, 3.05) is 13.1 Å². The summed E-state index contributed by atoms with van der Waals surface area (Å²) >= 11 is 5.73. The molecular formula is C13H16ClFN2O. The Balaban J connectivity index is 2.05. The maximum absolute atomic E-state index is 13.8. The Labute approximate surface area is 111 Å². The van der Waals surface area contributed by atoms with Gasteiger partial charge in [0.15, 0.2) is 0 Å². The standard InChI is InChI=1S/C13H16ClFN2O/c14-9-1-2-10(11(15)7-9)13(4-5-13)8-17-12(18)3-6-16/h1-2,7H,3-6,8,16H2,(H,17,18). The third-order valence-electron chi connectivity index (χ3n) is 3.35. The van der Waals surface area contributed by atoms with E-state index in [1.807, 2.05) is 0 Å². The molecule has 0 atom stereocenters. The van der Waals surface area contributed by atoms with Gasteiger partial charge in [0.2, 0.25) is 5.91 Å². The van der Waals surface area contributed by atoms with Crippen LogP contribution in [0.2, 0.25) is 5.02 Å². The lowest BCUT2D eigenvalue weighted by Gasteiger charge is -2.17. The third kappa shape index (κ3) is 2.82. The maximum atomic E-state index is 13.8. The second-order valence-corrected chi connectivity index (χ2v) is 5.16. The summed E-state index contributed by atoms with van der Waals surface area (Å²) in [6.45, 7) is 0.790. The monoisotopic (exact) mass is 270 g/mol. The lowest BCUT2D eigenvalue weighted by atomic mass is 9.95. The quantitative estimate of drug-likeness (QED) is 0.860. The summed E-state index contributed by atoms with van der Waals surface area (Å²) in [5.41, 5.74) is 5.69. The molecule has 18 heavy (non-hydrogen) atoms. The molecule has 1 aromatic carbocycles. The number of hydrogen-bond acceptors (Lipinski definition) is 2. The Kier molecular flexibility index (Phi) is 3.88. The fourth-order valence-electron chi connectivity index (χ4n) is 2.10. The predicted octanol–water partition coefficient (Wildman–Crippen LogP) is 1.98. The van der Waals surface area contributed by atoms with Crippen LogP contribution in [0.25, 0.3) is 0 Å². The Hall–Kier alpha value is -1.13. The van der Waals surface area contributed by atoms with E-state index in [1.54, 1.807) is 12.1 Å². The number of carbonyl (C=O) groups excluding carboxylic acids is 1. The second kappa shape index (κ2) is 5.24. The molecule has 1 aromatic rings. The summed E-state index contributed by atoms with van der Waals surface area (Å²) in [7, 11) is 0. The minimum absolute atomic E-state index is 0.0850. The second-order valence-electron chi connectivity index (χ2n) is 4.72. The van der Waals surface area contributed by atoms with E-state index in [0.29, 0.717) is 30.1 Å². The van der Waals surface area contributed by atoms with Gasteiger partial charge in [0, 0.05) is 29.9 Å². The summed E-state index contributed by atoms with van der Waals surface area (Å²) in [5, 5.41) is 3.20. The average molecular weight is 271 g/mol. The molecule has 0 radical (unpaired) electrons. The van der Waals surface area contributed by atoms with Gasteiger partial charge in [0.05, 0.1) is 0 Å². The van der Waals surface area contributed by atoms with Crippen LogP contribution in [0.4, 0.5) is 4.39 Å². The van der Waals surface area contributed by atoms with E-state index in [2.05, 4.69) is 5.32 Å². The molecule has 3 N–H and O–H groups in total. The molecule has 0 heterocycles. The van der Waals surface area contributed by atoms with Crippen LogP contribution in [-0.2, 0) is 10.2 Å². The van der Waals surface area contributed by atoms with Crippen LogP contribution in [0.1, 0.15) is 24.8 Å². The molecule has 98 valence electrons. The summed E-state index contributed by atoms with van der Waals surface area (Å²) in [5.74, 6) is -0.383. The third-order valence-corrected chi connectivity index (χ3v) is 3.59. The van der Waals surface area contributed by atoms with Gasteiger partial charge in [-0.15, -0.1) is 0 Å². The zero-order valence-electron chi connectivity index (χ0n) is 10.0. The van der Waals surface area contributed by atoms with E-state index >= 15 is 0 Å². The molecule has 2 rings (SSSR count). The van der Waals surface area contributed by atoms with Crippen LogP contribution in [0.5, 0.6) is 0 Å². The predicted molar refractivity (Wildman–Crippen MR) is 69.0 cm³/mol. The van der Waals surface area contributed by atoms with Crippen LogP contribution in [-0.4, -0.2) is 19.0 Å². The van der Waals surface area contributed by atoms with E-state index in [1.165, 1.54) is 6.07 Å². The molecule has 0 aromatic heterocycles. The van der Waals surface area contributed by atoms with Gasteiger partial charge in [0.1, 0.15) is 5.82 Å². The Morgan fingerprint density at radius 3 is 2.78 bits per heavy atom. The van der Waals surface area contributed by atoms with Gasteiger partial charge >= 0.3 is 0 Å². The minimum atomic E-state index is -0.298. The van der Waals surface area contributed by atoms with Crippen molar-refractivity contribution in [1.29, 1.82) is 0 Å². The van der Waals surface area contributed by atoms with Crippen molar-refractivity contribution in [2.45, 2.75) is 24.7 Å². The number of hydrogen-bond donors (Lipinski definition) is 2. The summed E-state index contributed by atoms with van der Waals surface area (Å²) in [4.78, 5) is 11.4. The van der Waals surface area contributed by atoms with E-state index < -0.39 is 0 Å². The van der Waals surface area contributed by atoms with Crippen molar-refractivity contribution < 1.29 is 9.18 Å². The van der Waals surface area contributed by atoms with Crippen molar-refractivity contribution >= 4 is 17.5 Å². The first kappa shape index (κ1) is 13.3. The number of benzene rings is 1. The molecule has 1 aliphatic carbocycles. The molecule has 0 saturated heterocycles. The first-order valence-corrected chi connectivity index (χ1v) is 6.37. The van der Waals surface area contributed by atoms with E-state index in [-0.39, 0.29) is 17.1 Å². The van der Waals surface area contributed by atoms with Crippen LogP contribution < -0.4 is 11.1 Å². The van der Waals surface area contributed by atoms with Crippen molar-refractivity contribution in [1.82, 2.24) is 5.32 Å². The van der Waals surface area contributed by atoms with Crippen LogP contribution >= 0.6 is 11.6 Å². The highest BCUT2D eigenvalue weighted by Crippen LogP contribution is 2.48. The molecule has 5 heteroatoms. The van der Waals surface area contributed by atoms with Gasteiger partial charge in [-0.05, 0) is 30.5 Å². The van der Waals surface area contributed by atoms with Crippen molar-refractivity contribution in [3.63, 3.8) is 0 Å². The zero-order valence-corrected chi connectivity index (χ0v) is 10.8. The molecular weight excluding hydrogens is 255 g/mol. The van der Waals surface area contributed by atoms with Crippen molar-refractivity contribution in [3.8, 4) is 0 Å². The molecule has 0 spiro atoms. The molecule has 1 aliphatic rings. The number of rotatable bonds is 5.